The lowest BCUT2D eigenvalue weighted by atomic mass is 10.2. The zero-order valence-electron chi connectivity index (χ0n) is 9.11. The van der Waals surface area contributed by atoms with Crippen molar-refractivity contribution in [2.24, 2.45) is 0 Å². The van der Waals surface area contributed by atoms with E-state index in [4.69, 9.17) is 0 Å². The van der Waals surface area contributed by atoms with Crippen LogP contribution in [0.25, 0.3) is 0 Å². The van der Waals surface area contributed by atoms with Gasteiger partial charge >= 0.3 is 5.97 Å². The Balaban J connectivity index is 0.000000262. The van der Waals surface area contributed by atoms with Gasteiger partial charge in [-0.3, -0.25) is 4.79 Å². The molecule has 1 rings (SSSR count). The minimum absolute atomic E-state index is 0.00694. The van der Waals surface area contributed by atoms with Crippen LogP contribution < -0.4 is 5.32 Å². The summed E-state index contributed by atoms with van der Waals surface area (Å²) < 4.78 is 28.1. The van der Waals surface area contributed by atoms with Crippen molar-refractivity contribution >= 4 is 5.97 Å². The van der Waals surface area contributed by atoms with E-state index in [0.717, 1.165) is 5.57 Å². The van der Waals surface area contributed by atoms with Crippen LogP contribution in [0.15, 0.2) is 12.2 Å². The van der Waals surface area contributed by atoms with Gasteiger partial charge in [0.25, 0.3) is 5.92 Å². The number of alkyl halides is 2. The largest absolute Gasteiger partial charge is 0.469 e. The van der Waals surface area contributed by atoms with Crippen molar-refractivity contribution < 1.29 is 18.3 Å². The molecule has 0 unspecified atom stereocenters. The smallest absolute Gasteiger partial charge is 0.309 e. The summed E-state index contributed by atoms with van der Waals surface area (Å²) in [6, 6.07) is 0. The van der Waals surface area contributed by atoms with E-state index in [-0.39, 0.29) is 18.9 Å². The number of esters is 1. The summed E-state index contributed by atoms with van der Waals surface area (Å²) in [7, 11) is 1.37. The highest BCUT2D eigenvalue weighted by Gasteiger charge is 2.32. The van der Waals surface area contributed by atoms with E-state index in [1.54, 1.807) is 6.92 Å². The van der Waals surface area contributed by atoms with E-state index in [0.29, 0.717) is 13.0 Å². The molecule has 0 aromatic carbocycles. The molecule has 1 aliphatic heterocycles. The SMILES string of the molecule is C=C(C)CC(=O)OC.FC1(F)CCNC1. The molecule has 0 amide bonds. The van der Waals surface area contributed by atoms with Gasteiger partial charge in [-0.1, -0.05) is 12.2 Å². The first kappa shape index (κ1) is 14.0. The van der Waals surface area contributed by atoms with Crippen molar-refractivity contribution in [2.75, 3.05) is 20.2 Å². The Morgan fingerprint density at radius 3 is 2.33 bits per heavy atom. The summed E-state index contributed by atoms with van der Waals surface area (Å²) in [6.07, 6.45) is 0.337. The van der Waals surface area contributed by atoms with Crippen LogP contribution in [-0.4, -0.2) is 32.1 Å². The van der Waals surface area contributed by atoms with Gasteiger partial charge in [-0.05, 0) is 6.92 Å². The van der Waals surface area contributed by atoms with E-state index in [1.807, 2.05) is 0 Å². The normalized spacial score (nSPS) is 17.6. The summed E-state index contributed by atoms with van der Waals surface area (Å²) in [5.74, 6) is -2.64. The fourth-order valence-corrected chi connectivity index (χ4v) is 0.949. The fourth-order valence-electron chi connectivity index (χ4n) is 0.949. The van der Waals surface area contributed by atoms with Crippen molar-refractivity contribution in [1.82, 2.24) is 5.32 Å². The monoisotopic (exact) mass is 221 g/mol. The Morgan fingerprint density at radius 2 is 2.20 bits per heavy atom. The molecule has 0 bridgehead atoms. The van der Waals surface area contributed by atoms with Gasteiger partial charge in [0, 0.05) is 13.0 Å². The van der Waals surface area contributed by atoms with Crippen molar-refractivity contribution in [1.29, 1.82) is 0 Å². The topological polar surface area (TPSA) is 38.3 Å². The number of hydrogen-bond donors (Lipinski definition) is 1. The predicted molar refractivity (Wildman–Crippen MR) is 53.9 cm³/mol. The molecule has 15 heavy (non-hydrogen) atoms. The molecule has 1 aliphatic rings. The maximum atomic E-state index is 11.9. The number of methoxy groups -OCH3 is 1. The van der Waals surface area contributed by atoms with Gasteiger partial charge < -0.3 is 10.1 Å². The zero-order valence-corrected chi connectivity index (χ0v) is 9.11. The number of hydrogen-bond acceptors (Lipinski definition) is 3. The van der Waals surface area contributed by atoms with Crippen LogP contribution in [-0.2, 0) is 9.53 Å². The standard InChI is InChI=1S/C6H10O2.C4H7F2N/c1-5(2)4-6(7)8-3;5-4(6)1-2-7-3-4/h1,4H2,2-3H3;7H,1-3H2. The third-order valence-electron chi connectivity index (χ3n) is 1.72. The molecule has 1 saturated heterocycles. The second kappa shape index (κ2) is 6.50. The Labute approximate surface area is 88.5 Å². The van der Waals surface area contributed by atoms with Gasteiger partial charge in [0.2, 0.25) is 0 Å². The van der Waals surface area contributed by atoms with Crippen LogP contribution in [0.1, 0.15) is 19.8 Å². The highest BCUT2D eigenvalue weighted by atomic mass is 19.3. The maximum Gasteiger partial charge on any atom is 0.309 e. The summed E-state index contributed by atoms with van der Waals surface area (Å²) in [5.41, 5.74) is 0.830. The number of ether oxygens (including phenoxy) is 1. The number of carbonyl (C=O) groups excluding carboxylic acids is 1. The molecule has 3 nitrogen and oxygen atoms in total. The van der Waals surface area contributed by atoms with Crippen molar-refractivity contribution in [3.8, 4) is 0 Å². The van der Waals surface area contributed by atoms with Crippen LogP contribution in [0.5, 0.6) is 0 Å². The first-order chi connectivity index (χ1) is 6.87. The lowest BCUT2D eigenvalue weighted by molar-refractivity contribution is -0.139. The lowest BCUT2D eigenvalue weighted by Gasteiger charge is -2.02. The van der Waals surface area contributed by atoms with Gasteiger partial charge in [0.1, 0.15) is 0 Å². The number of carbonyl (C=O) groups is 1. The molecule has 0 atom stereocenters. The Hall–Kier alpha value is -0.970. The third-order valence-corrected chi connectivity index (χ3v) is 1.72. The molecular formula is C10H17F2NO2. The molecule has 0 aromatic rings. The van der Waals surface area contributed by atoms with Crippen LogP contribution in [0.3, 0.4) is 0 Å². The third kappa shape index (κ3) is 8.05. The zero-order chi connectivity index (χ0) is 11.9. The van der Waals surface area contributed by atoms with Crippen LogP contribution in [0.4, 0.5) is 8.78 Å². The van der Waals surface area contributed by atoms with Crippen molar-refractivity contribution in [3.05, 3.63) is 12.2 Å². The van der Waals surface area contributed by atoms with E-state index in [2.05, 4.69) is 16.6 Å². The van der Waals surface area contributed by atoms with E-state index >= 15 is 0 Å². The molecule has 88 valence electrons. The molecule has 0 radical (unpaired) electrons. The Bertz CT molecular complexity index is 221. The van der Waals surface area contributed by atoms with Crippen molar-refractivity contribution in [2.45, 2.75) is 25.7 Å². The van der Waals surface area contributed by atoms with Gasteiger partial charge in [-0.25, -0.2) is 8.78 Å². The minimum Gasteiger partial charge on any atom is -0.469 e. The molecule has 0 spiro atoms. The first-order valence-electron chi connectivity index (χ1n) is 4.67. The molecular weight excluding hydrogens is 204 g/mol. The summed E-state index contributed by atoms with van der Waals surface area (Å²) >= 11 is 0. The van der Waals surface area contributed by atoms with Gasteiger partial charge in [0.15, 0.2) is 0 Å². The predicted octanol–water partition coefficient (Wildman–Crippen LogP) is 1.74. The molecule has 1 heterocycles. The first-order valence-corrected chi connectivity index (χ1v) is 4.67. The van der Waals surface area contributed by atoms with Crippen LogP contribution in [0, 0.1) is 0 Å². The van der Waals surface area contributed by atoms with E-state index < -0.39 is 5.92 Å². The second-order valence-corrected chi connectivity index (χ2v) is 3.49. The number of halogens is 2. The Kier molecular flexibility index (Phi) is 6.08. The molecule has 0 aliphatic carbocycles. The van der Waals surface area contributed by atoms with E-state index in [9.17, 15) is 13.6 Å². The molecule has 5 heteroatoms. The molecule has 0 saturated carbocycles. The van der Waals surface area contributed by atoms with Crippen molar-refractivity contribution in [3.63, 3.8) is 0 Å². The summed E-state index contributed by atoms with van der Waals surface area (Å²) in [4.78, 5) is 10.3. The lowest BCUT2D eigenvalue weighted by Crippen LogP contribution is -2.18. The van der Waals surface area contributed by atoms with Gasteiger partial charge in [-0.2, -0.15) is 0 Å². The Morgan fingerprint density at radius 1 is 1.60 bits per heavy atom. The molecule has 1 N–H and O–H groups in total. The fraction of sp³-hybridized carbons (Fsp3) is 0.700. The maximum absolute atomic E-state index is 11.9. The van der Waals surface area contributed by atoms with E-state index in [1.165, 1.54) is 7.11 Å². The average molecular weight is 221 g/mol. The summed E-state index contributed by atoms with van der Waals surface area (Å²) in [6.45, 7) is 5.66. The number of nitrogens with one attached hydrogen (secondary N) is 1. The average Bonchev–Trinajstić information content (AvgIpc) is 2.50. The quantitative estimate of drug-likeness (QED) is 0.570. The summed E-state index contributed by atoms with van der Waals surface area (Å²) in [5, 5.41) is 2.56. The molecule has 1 fully saturated rings. The highest BCUT2D eigenvalue weighted by Crippen LogP contribution is 2.19. The van der Waals surface area contributed by atoms with Gasteiger partial charge in [-0.15, -0.1) is 0 Å². The number of rotatable bonds is 2. The van der Waals surface area contributed by atoms with Gasteiger partial charge in [0.05, 0.1) is 20.1 Å². The molecule has 0 aromatic heterocycles. The minimum atomic E-state index is -2.42. The highest BCUT2D eigenvalue weighted by molar-refractivity contribution is 5.71. The van der Waals surface area contributed by atoms with Crippen LogP contribution >= 0.6 is 0 Å². The second-order valence-electron chi connectivity index (χ2n) is 3.49. The van der Waals surface area contributed by atoms with Crippen LogP contribution in [0.2, 0.25) is 0 Å².